The first kappa shape index (κ1) is 16.1. The van der Waals surface area contributed by atoms with Crippen molar-refractivity contribution in [3.8, 4) is 0 Å². The molecule has 0 radical (unpaired) electrons. The minimum atomic E-state index is 0.0276. The molecule has 0 saturated carbocycles. The van der Waals surface area contributed by atoms with E-state index in [1.54, 1.807) is 0 Å². The number of rotatable bonds is 4. The Hall–Kier alpha value is -1.93. The Morgan fingerprint density at radius 2 is 1.40 bits per heavy atom. The van der Waals surface area contributed by atoms with Crippen LogP contribution >= 0.6 is 0 Å². The largest absolute Gasteiger partial charge is 0.323 e. The summed E-state index contributed by atoms with van der Waals surface area (Å²) in [6, 6.07) is 19.6. The zero-order valence-corrected chi connectivity index (χ0v) is 12.5. The lowest BCUT2D eigenvalue weighted by Crippen LogP contribution is -2.13. The Kier molecular flexibility index (Phi) is 7.30. The fraction of sp³-hybridized carbons (Fsp3) is 0.278. The Morgan fingerprint density at radius 3 is 1.90 bits per heavy atom. The minimum absolute atomic E-state index is 0.0276. The highest BCUT2D eigenvalue weighted by Crippen LogP contribution is 2.14. The molecule has 2 rings (SSSR count). The number of benzene rings is 2. The number of hydrogen-bond acceptors (Lipinski definition) is 2. The van der Waals surface area contributed by atoms with Gasteiger partial charge in [0.05, 0.1) is 0 Å². The molecule has 2 nitrogen and oxygen atoms in total. The molecule has 0 fully saturated rings. The van der Waals surface area contributed by atoms with Gasteiger partial charge in [-0.25, -0.2) is 0 Å². The van der Waals surface area contributed by atoms with E-state index in [0.29, 0.717) is 0 Å². The number of hydrogen-bond donors (Lipinski definition) is 1. The lowest BCUT2D eigenvalue weighted by atomic mass is 9.93. The summed E-state index contributed by atoms with van der Waals surface area (Å²) in [4.78, 5) is 12.1. The second-order valence-corrected chi connectivity index (χ2v) is 4.82. The van der Waals surface area contributed by atoms with Crippen LogP contribution in [0.25, 0.3) is 0 Å². The van der Waals surface area contributed by atoms with E-state index in [1.165, 1.54) is 5.56 Å². The van der Waals surface area contributed by atoms with Crippen molar-refractivity contribution in [2.24, 2.45) is 5.92 Å². The molecule has 0 aliphatic carbocycles. The van der Waals surface area contributed by atoms with Crippen molar-refractivity contribution in [2.75, 3.05) is 14.1 Å². The zero-order chi connectivity index (χ0) is 14.8. The molecule has 1 N–H and O–H groups in total. The number of nitrogens with one attached hydrogen (secondary N) is 1. The van der Waals surface area contributed by atoms with Crippen molar-refractivity contribution in [3.05, 3.63) is 71.8 Å². The van der Waals surface area contributed by atoms with E-state index in [2.05, 4.69) is 17.4 Å². The molecule has 0 saturated heterocycles. The average Bonchev–Trinajstić information content (AvgIpc) is 2.49. The first-order valence-electron chi connectivity index (χ1n) is 6.90. The van der Waals surface area contributed by atoms with Crippen LogP contribution in [0.4, 0.5) is 0 Å². The Morgan fingerprint density at radius 1 is 0.950 bits per heavy atom. The molecule has 0 amide bonds. The van der Waals surface area contributed by atoms with E-state index < -0.39 is 0 Å². The molecule has 106 valence electrons. The molecule has 20 heavy (non-hydrogen) atoms. The van der Waals surface area contributed by atoms with Gasteiger partial charge >= 0.3 is 0 Å². The molecule has 1 unspecified atom stereocenters. The Balaban J connectivity index is 0.000000612. The second-order valence-electron chi connectivity index (χ2n) is 4.82. The lowest BCUT2D eigenvalue weighted by molar-refractivity contribution is 0.0929. The summed E-state index contributed by atoms with van der Waals surface area (Å²) in [7, 11) is 3.75. The predicted octanol–water partition coefficient (Wildman–Crippen LogP) is 3.58. The fourth-order valence-electron chi connectivity index (χ4n) is 1.95. The molecule has 0 aliphatic heterocycles. The highest BCUT2D eigenvalue weighted by molar-refractivity contribution is 5.97. The molecule has 2 aromatic rings. The average molecular weight is 269 g/mol. The van der Waals surface area contributed by atoms with Crippen molar-refractivity contribution in [3.63, 3.8) is 0 Å². The summed E-state index contributed by atoms with van der Waals surface area (Å²) in [6.07, 6.45) is 0.800. The van der Waals surface area contributed by atoms with Gasteiger partial charge in [-0.15, -0.1) is 0 Å². The van der Waals surface area contributed by atoms with Gasteiger partial charge in [-0.1, -0.05) is 67.6 Å². The first-order valence-corrected chi connectivity index (χ1v) is 6.90. The zero-order valence-electron chi connectivity index (χ0n) is 12.5. The van der Waals surface area contributed by atoms with Crippen LogP contribution in [0.1, 0.15) is 22.8 Å². The van der Waals surface area contributed by atoms with Gasteiger partial charge < -0.3 is 5.32 Å². The number of carbonyl (C=O) groups is 1. The van der Waals surface area contributed by atoms with Crippen LogP contribution in [-0.4, -0.2) is 19.9 Å². The summed E-state index contributed by atoms with van der Waals surface area (Å²) in [5, 5.41) is 2.75. The van der Waals surface area contributed by atoms with E-state index in [-0.39, 0.29) is 11.7 Å². The lowest BCUT2D eigenvalue weighted by Gasteiger charge is -2.10. The third-order valence-electron chi connectivity index (χ3n) is 2.89. The first-order chi connectivity index (χ1) is 9.69. The van der Waals surface area contributed by atoms with Crippen molar-refractivity contribution in [2.45, 2.75) is 13.3 Å². The molecule has 1 atom stereocenters. The predicted molar refractivity (Wildman–Crippen MR) is 85.1 cm³/mol. The van der Waals surface area contributed by atoms with Crippen LogP contribution in [-0.2, 0) is 6.42 Å². The topological polar surface area (TPSA) is 29.1 Å². The van der Waals surface area contributed by atoms with Gasteiger partial charge in [-0.3, -0.25) is 4.79 Å². The molecule has 0 spiro atoms. The molecular weight excluding hydrogens is 246 g/mol. The van der Waals surface area contributed by atoms with Gasteiger partial charge in [-0.2, -0.15) is 0 Å². The number of ketones is 1. The molecule has 0 aliphatic rings. The van der Waals surface area contributed by atoms with Gasteiger partial charge in [-0.05, 0) is 26.1 Å². The highest BCUT2D eigenvalue weighted by atomic mass is 16.1. The van der Waals surface area contributed by atoms with E-state index in [0.717, 1.165) is 12.0 Å². The molecule has 0 bridgehead atoms. The van der Waals surface area contributed by atoms with E-state index in [9.17, 15) is 4.79 Å². The normalized spacial score (nSPS) is 11.2. The van der Waals surface area contributed by atoms with Crippen molar-refractivity contribution >= 4 is 5.78 Å². The monoisotopic (exact) mass is 269 g/mol. The summed E-state index contributed by atoms with van der Waals surface area (Å²) in [5.41, 5.74) is 2.01. The van der Waals surface area contributed by atoms with Crippen molar-refractivity contribution in [1.29, 1.82) is 0 Å². The molecule has 2 aromatic carbocycles. The summed E-state index contributed by atoms with van der Waals surface area (Å²) >= 11 is 0. The maximum absolute atomic E-state index is 12.1. The summed E-state index contributed by atoms with van der Waals surface area (Å²) < 4.78 is 0. The van der Waals surface area contributed by atoms with Crippen LogP contribution in [0.2, 0.25) is 0 Å². The van der Waals surface area contributed by atoms with Crippen LogP contribution in [0.5, 0.6) is 0 Å². The standard InChI is InChI=1S/C16H16O.C2H7N/c1-13(12-14-8-4-2-5-9-14)16(17)15-10-6-3-7-11-15;1-3-2/h2-11,13H,12H2,1H3;3H,1-2H3. The Bertz CT molecular complexity index is 493. The molecule has 0 aromatic heterocycles. The fourth-order valence-corrected chi connectivity index (χ4v) is 1.95. The quantitative estimate of drug-likeness (QED) is 0.860. The van der Waals surface area contributed by atoms with Crippen molar-refractivity contribution < 1.29 is 4.79 Å². The molecule has 0 heterocycles. The van der Waals surface area contributed by atoms with E-state index in [1.807, 2.05) is 69.6 Å². The third-order valence-corrected chi connectivity index (χ3v) is 2.89. The third kappa shape index (κ3) is 5.37. The van der Waals surface area contributed by atoms with Gasteiger partial charge in [0.1, 0.15) is 0 Å². The number of Topliss-reactive ketones (excluding diaryl/α,β-unsaturated/α-hetero) is 1. The minimum Gasteiger partial charge on any atom is -0.323 e. The smallest absolute Gasteiger partial charge is 0.165 e. The highest BCUT2D eigenvalue weighted by Gasteiger charge is 2.14. The van der Waals surface area contributed by atoms with Gasteiger partial charge in [0.25, 0.3) is 0 Å². The van der Waals surface area contributed by atoms with Gasteiger partial charge in [0, 0.05) is 11.5 Å². The SMILES string of the molecule is CC(Cc1ccccc1)C(=O)c1ccccc1.CNC. The van der Waals surface area contributed by atoms with Crippen molar-refractivity contribution in [1.82, 2.24) is 5.32 Å². The van der Waals surface area contributed by atoms with E-state index >= 15 is 0 Å². The molecular formula is C18H23NO. The molecule has 2 heteroatoms. The Labute approximate surface area is 121 Å². The van der Waals surface area contributed by atoms with Crippen LogP contribution in [0.15, 0.2) is 60.7 Å². The number of carbonyl (C=O) groups excluding carboxylic acids is 1. The van der Waals surface area contributed by atoms with Gasteiger partial charge in [0.2, 0.25) is 0 Å². The summed E-state index contributed by atoms with van der Waals surface area (Å²) in [5.74, 6) is 0.245. The van der Waals surface area contributed by atoms with Crippen LogP contribution in [0.3, 0.4) is 0 Å². The maximum Gasteiger partial charge on any atom is 0.165 e. The maximum atomic E-state index is 12.1. The van der Waals surface area contributed by atoms with Crippen LogP contribution < -0.4 is 5.32 Å². The van der Waals surface area contributed by atoms with Crippen LogP contribution in [0, 0.1) is 5.92 Å². The summed E-state index contributed by atoms with van der Waals surface area (Å²) in [6.45, 7) is 1.99. The second kappa shape index (κ2) is 9.05. The van der Waals surface area contributed by atoms with E-state index in [4.69, 9.17) is 0 Å². The van der Waals surface area contributed by atoms with Gasteiger partial charge in [0.15, 0.2) is 5.78 Å².